The van der Waals surface area contributed by atoms with E-state index in [0.29, 0.717) is 6.42 Å². The second kappa shape index (κ2) is 4.04. The first-order chi connectivity index (χ1) is 6.83. The summed E-state index contributed by atoms with van der Waals surface area (Å²) < 4.78 is 5.15. The fraction of sp³-hybridized carbons (Fsp3) is 0.636. The van der Waals surface area contributed by atoms with Gasteiger partial charge >= 0.3 is 5.97 Å². The SMILES string of the molecule is C=CC1CC(C(=O)OC(C)(C)C)C(=O)N1. The molecule has 1 rings (SSSR count). The molecule has 84 valence electrons. The summed E-state index contributed by atoms with van der Waals surface area (Å²) in [6, 6.07) is -0.116. The van der Waals surface area contributed by atoms with Crippen LogP contribution in [0.25, 0.3) is 0 Å². The third-order valence-corrected chi connectivity index (χ3v) is 2.11. The van der Waals surface area contributed by atoms with E-state index < -0.39 is 17.5 Å². The van der Waals surface area contributed by atoms with Gasteiger partial charge in [-0.3, -0.25) is 9.59 Å². The van der Waals surface area contributed by atoms with E-state index in [0.717, 1.165) is 0 Å². The number of carbonyl (C=O) groups excluding carboxylic acids is 2. The molecule has 1 heterocycles. The molecule has 0 bridgehead atoms. The highest BCUT2D eigenvalue weighted by molar-refractivity contribution is 5.99. The summed E-state index contributed by atoms with van der Waals surface area (Å²) in [7, 11) is 0. The van der Waals surface area contributed by atoms with Crippen LogP contribution in [0.1, 0.15) is 27.2 Å². The molecule has 4 heteroatoms. The standard InChI is InChI=1S/C11H17NO3/c1-5-7-6-8(9(13)12-7)10(14)15-11(2,3)4/h5,7-8H,1,6H2,2-4H3,(H,12,13). The Morgan fingerprint density at radius 3 is 2.60 bits per heavy atom. The number of rotatable bonds is 2. The van der Waals surface area contributed by atoms with Crippen LogP contribution in [0.4, 0.5) is 0 Å². The van der Waals surface area contributed by atoms with Gasteiger partial charge in [-0.1, -0.05) is 6.08 Å². The molecule has 0 radical (unpaired) electrons. The maximum absolute atomic E-state index is 11.6. The first kappa shape index (κ1) is 11.8. The second-order valence-corrected chi connectivity index (χ2v) is 4.67. The Morgan fingerprint density at radius 2 is 2.20 bits per heavy atom. The van der Waals surface area contributed by atoms with Crippen LogP contribution in [0.3, 0.4) is 0 Å². The third kappa shape index (κ3) is 3.08. The van der Waals surface area contributed by atoms with Crippen molar-refractivity contribution in [1.29, 1.82) is 0 Å². The molecule has 1 aliphatic heterocycles. The van der Waals surface area contributed by atoms with E-state index in [1.165, 1.54) is 0 Å². The fourth-order valence-electron chi connectivity index (χ4n) is 1.43. The van der Waals surface area contributed by atoms with Gasteiger partial charge in [0.15, 0.2) is 0 Å². The molecule has 4 nitrogen and oxygen atoms in total. The van der Waals surface area contributed by atoms with E-state index in [-0.39, 0.29) is 11.9 Å². The van der Waals surface area contributed by atoms with Gasteiger partial charge in [-0.05, 0) is 27.2 Å². The van der Waals surface area contributed by atoms with Gasteiger partial charge in [0.2, 0.25) is 5.91 Å². The van der Waals surface area contributed by atoms with Crippen LogP contribution in [-0.4, -0.2) is 23.5 Å². The van der Waals surface area contributed by atoms with Crippen LogP contribution >= 0.6 is 0 Å². The zero-order valence-corrected chi connectivity index (χ0v) is 9.37. The van der Waals surface area contributed by atoms with Crippen molar-refractivity contribution in [3.63, 3.8) is 0 Å². The van der Waals surface area contributed by atoms with Crippen LogP contribution in [0, 0.1) is 5.92 Å². The Morgan fingerprint density at radius 1 is 1.60 bits per heavy atom. The molecular weight excluding hydrogens is 194 g/mol. The fourth-order valence-corrected chi connectivity index (χ4v) is 1.43. The topological polar surface area (TPSA) is 55.4 Å². The lowest BCUT2D eigenvalue weighted by molar-refractivity contribution is -0.161. The molecular formula is C11H17NO3. The van der Waals surface area contributed by atoms with Crippen molar-refractivity contribution in [1.82, 2.24) is 5.32 Å². The lowest BCUT2D eigenvalue weighted by atomic mass is 10.0. The lowest BCUT2D eigenvalue weighted by Gasteiger charge is -2.21. The molecule has 1 saturated heterocycles. The van der Waals surface area contributed by atoms with Crippen LogP contribution in [-0.2, 0) is 14.3 Å². The highest BCUT2D eigenvalue weighted by Crippen LogP contribution is 2.20. The van der Waals surface area contributed by atoms with Gasteiger partial charge in [0.25, 0.3) is 0 Å². The number of carbonyl (C=O) groups is 2. The van der Waals surface area contributed by atoms with E-state index in [9.17, 15) is 9.59 Å². The minimum absolute atomic E-state index is 0.116. The maximum atomic E-state index is 11.6. The number of hydrogen-bond acceptors (Lipinski definition) is 3. The molecule has 2 atom stereocenters. The highest BCUT2D eigenvalue weighted by Gasteiger charge is 2.38. The molecule has 0 aliphatic carbocycles. The van der Waals surface area contributed by atoms with Crippen molar-refractivity contribution in [3.8, 4) is 0 Å². The van der Waals surface area contributed by atoms with E-state index in [1.54, 1.807) is 26.8 Å². The Labute approximate surface area is 89.7 Å². The van der Waals surface area contributed by atoms with E-state index in [4.69, 9.17) is 4.74 Å². The first-order valence-electron chi connectivity index (χ1n) is 4.99. The predicted octanol–water partition coefficient (Wildman–Crippen LogP) is 1.02. The monoisotopic (exact) mass is 211 g/mol. The summed E-state index contributed by atoms with van der Waals surface area (Å²) in [4.78, 5) is 23.0. The molecule has 1 amide bonds. The van der Waals surface area contributed by atoms with Crippen molar-refractivity contribution < 1.29 is 14.3 Å². The molecule has 15 heavy (non-hydrogen) atoms. The zero-order chi connectivity index (χ0) is 11.6. The Hall–Kier alpha value is -1.32. The van der Waals surface area contributed by atoms with E-state index in [1.807, 2.05) is 0 Å². The van der Waals surface area contributed by atoms with Crippen molar-refractivity contribution in [2.24, 2.45) is 5.92 Å². The predicted molar refractivity (Wildman–Crippen MR) is 56.1 cm³/mol. The largest absolute Gasteiger partial charge is 0.459 e. The number of nitrogens with one attached hydrogen (secondary N) is 1. The van der Waals surface area contributed by atoms with Crippen LogP contribution in [0.2, 0.25) is 0 Å². The quantitative estimate of drug-likeness (QED) is 0.421. The highest BCUT2D eigenvalue weighted by atomic mass is 16.6. The molecule has 0 saturated carbocycles. The van der Waals surface area contributed by atoms with Gasteiger partial charge in [0, 0.05) is 6.04 Å². The Kier molecular flexibility index (Phi) is 3.17. The van der Waals surface area contributed by atoms with Gasteiger partial charge in [-0.25, -0.2) is 0 Å². The summed E-state index contributed by atoms with van der Waals surface area (Å²) >= 11 is 0. The van der Waals surface area contributed by atoms with Crippen LogP contribution in [0.5, 0.6) is 0 Å². The summed E-state index contributed by atoms with van der Waals surface area (Å²) in [5.74, 6) is -1.41. The molecule has 1 N–H and O–H groups in total. The lowest BCUT2D eigenvalue weighted by Crippen LogP contribution is -2.32. The minimum atomic E-state index is -0.688. The molecule has 0 aromatic heterocycles. The Bertz CT molecular complexity index is 291. The number of ether oxygens (including phenoxy) is 1. The third-order valence-electron chi connectivity index (χ3n) is 2.11. The Balaban J connectivity index is 2.62. The molecule has 0 aromatic carbocycles. The van der Waals surface area contributed by atoms with Crippen LogP contribution in [0.15, 0.2) is 12.7 Å². The second-order valence-electron chi connectivity index (χ2n) is 4.67. The van der Waals surface area contributed by atoms with Gasteiger partial charge < -0.3 is 10.1 Å². The van der Waals surface area contributed by atoms with Gasteiger partial charge in [-0.2, -0.15) is 0 Å². The maximum Gasteiger partial charge on any atom is 0.319 e. The number of esters is 1. The van der Waals surface area contributed by atoms with Gasteiger partial charge in [0.1, 0.15) is 11.5 Å². The molecule has 0 spiro atoms. The van der Waals surface area contributed by atoms with Crippen molar-refractivity contribution in [2.45, 2.75) is 38.8 Å². The summed E-state index contributed by atoms with van der Waals surface area (Å²) in [5.41, 5.74) is -0.552. The summed E-state index contributed by atoms with van der Waals surface area (Å²) in [5, 5.41) is 2.66. The zero-order valence-electron chi connectivity index (χ0n) is 9.37. The van der Waals surface area contributed by atoms with Crippen LogP contribution < -0.4 is 5.32 Å². The first-order valence-corrected chi connectivity index (χ1v) is 4.99. The number of hydrogen-bond donors (Lipinski definition) is 1. The van der Waals surface area contributed by atoms with E-state index in [2.05, 4.69) is 11.9 Å². The van der Waals surface area contributed by atoms with Crippen molar-refractivity contribution in [3.05, 3.63) is 12.7 Å². The minimum Gasteiger partial charge on any atom is -0.459 e. The van der Waals surface area contributed by atoms with E-state index >= 15 is 0 Å². The normalized spacial score (nSPS) is 25.9. The summed E-state index contributed by atoms with van der Waals surface area (Å²) in [6.45, 7) is 8.92. The van der Waals surface area contributed by atoms with Gasteiger partial charge in [-0.15, -0.1) is 6.58 Å². The molecule has 1 aliphatic rings. The van der Waals surface area contributed by atoms with Gasteiger partial charge in [0.05, 0.1) is 0 Å². The smallest absolute Gasteiger partial charge is 0.319 e. The average Bonchev–Trinajstić information content (AvgIpc) is 2.43. The van der Waals surface area contributed by atoms with Crippen molar-refractivity contribution >= 4 is 11.9 Å². The van der Waals surface area contributed by atoms with Crippen molar-refractivity contribution in [2.75, 3.05) is 0 Å². The average molecular weight is 211 g/mol. The number of amides is 1. The molecule has 1 fully saturated rings. The summed E-state index contributed by atoms with van der Waals surface area (Å²) in [6.07, 6.45) is 2.07. The molecule has 2 unspecified atom stereocenters. The molecule has 0 aromatic rings.